The third kappa shape index (κ3) is 3.54. The van der Waals surface area contributed by atoms with E-state index in [0.717, 1.165) is 5.52 Å². The van der Waals surface area contributed by atoms with Crippen LogP contribution in [-0.2, 0) is 16.6 Å². The molecule has 0 saturated heterocycles. The summed E-state index contributed by atoms with van der Waals surface area (Å²) in [5.41, 5.74) is 1.83. The van der Waals surface area contributed by atoms with Crippen LogP contribution in [0.15, 0.2) is 32.2 Å². The topological polar surface area (TPSA) is 103 Å². The van der Waals surface area contributed by atoms with E-state index in [9.17, 15) is 8.42 Å². The fraction of sp³-hybridized carbons (Fsp3) is 0.400. The van der Waals surface area contributed by atoms with Crippen molar-refractivity contribution in [3.8, 4) is 0 Å². The Kier molecular flexibility index (Phi) is 4.36. The lowest BCUT2D eigenvalue weighted by molar-refractivity contribution is 0.327. The van der Waals surface area contributed by atoms with Gasteiger partial charge in [-0.25, -0.2) is 13.1 Å². The molecule has 0 aliphatic carbocycles. The molecule has 134 valence electrons. The molecule has 25 heavy (non-hydrogen) atoms. The molecule has 0 bridgehead atoms. The number of benzene rings is 1. The fourth-order valence-electron chi connectivity index (χ4n) is 2.40. The van der Waals surface area contributed by atoms with Crippen LogP contribution in [0.5, 0.6) is 0 Å². The second kappa shape index (κ2) is 6.10. The third-order valence-electron chi connectivity index (χ3n) is 3.49. The zero-order chi connectivity index (χ0) is 18.4. The predicted octanol–water partition coefficient (Wildman–Crippen LogP) is 3.34. The molecule has 8 nitrogen and oxygen atoms in total. The van der Waals surface area contributed by atoms with Gasteiger partial charge in [0.15, 0.2) is 5.76 Å². The molecular weight excluding hydrogens is 410 g/mol. The molecule has 10 heteroatoms. The van der Waals surface area contributed by atoms with Gasteiger partial charge in [-0.1, -0.05) is 31.1 Å². The molecule has 0 spiro atoms. The summed E-state index contributed by atoms with van der Waals surface area (Å²) in [4.78, 5) is -0.00381. The molecular formula is C15H18BrN5O3S. The molecule has 2 aromatic heterocycles. The van der Waals surface area contributed by atoms with Crippen LogP contribution in [0.2, 0.25) is 0 Å². The van der Waals surface area contributed by atoms with Crippen LogP contribution < -0.4 is 4.72 Å². The fourth-order valence-corrected chi connectivity index (χ4v) is 4.21. The average molecular weight is 428 g/mol. The Morgan fingerprint density at radius 1 is 1.32 bits per heavy atom. The minimum Gasteiger partial charge on any atom is -0.360 e. The summed E-state index contributed by atoms with van der Waals surface area (Å²) in [7, 11) is -3.81. The van der Waals surface area contributed by atoms with Crippen molar-refractivity contribution in [3.63, 3.8) is 0 Å². The summed E-state index contributed by atoms with van der Waals surface area (Å²) in [5.74, 6) is 0.223. The van der Waals surface area contributed by atoms with Crippen molar-refractivity contribution >= 4 is 42.7 Å². The van der Waals surface area contributed by atoms with Crippen molar-refractivity contribution in [1.29, 1.82) is 0 Å². The Hall–Kier alpha value is -1.94. The highest BCUT2D eigenvalue weighted by atomic mass is 79.9. The Morgan fingerprint density at radius 2 is 2.04 bits per heavy atom. The quantitative estimate of drug-likeness (QED) is 0.684. The summed E-state index contributed by atoms with van der Waals surface area (Å²) in [6, 6.07) is 3.47. The molecule has 1 N–H and O–H groups in total. The Labute approximate surface area is 153 Å². The first kappa shape index (κ1) is 17.9. The van der Waals surface area contributed by atoms with Crippen LogP contribution in [0.3, 0.4) is 0 Å². The van der Waals surface area contributed by atoms with Gasteiger partial charge in [-0.05, 0) is 40.4 Å². The standard InChI is InChI=1S/C15H18BrN5O3S/c1-9-12(7-17-24-9)25(22,23)19-10-5-6-11-14(13(10)16)18-20-21(11)8-15(2,3)4/h5-7,19H,8H2,1-4H3. The van der Waals surface area contributed by atoms with E-state index >= 15 is 0 Å². The monoisotopic (exact) mass is 427 g/mol. The van der Waals surface area contributed by atoms with Gasteiger partial charge in [-0.3, -0.25) is 4.72 Å². The second-order valence-electron chi connectivity index (χ2n) is 6.95. The van der Waals surface area contributed by atoms with E-state index in [0.29, 0.717) is 22.2 Å². The van der Waals surface area contributed by atoms with E-state index in [2.05, 4.69) is 56.9 Å². The van der Waals surface area contributed by atoms with Crippen molar-refractivity contribution in [3.05, 3.63) is 28.6 Å². The third-order valence-corrected chi connectivity index (χ3v) is 5.75. The average Bonchev–Trinajstić information content (AvgIpc) is 3.08. The number of hydrogen-bond acceptors (Lipinski definition) is 6. The number of halogens is 1. The van der Waals surface area contributed by atoms with Gasteiger partial charge < -0.3 is 4.52 Å². The van der Waals surface area contributed by atoms with Gasteiger partial charge in [0.1, 0.15) is 10.4 Å². The SMILES string of the molecule is Cc1oncc1S(=O)(=O)Nc1ccc2c(nnn2CC(C)(C)C)c1Br. The van der Waals surface area contributed by atoms with Crippen LogP contribution in [0.1, 0.15) is 26.5 Å². The van der Waals surface area contributed by atoms with Crippen molar-refractivity contribution in [2.75, 3.05) is 4.72 Å². The van der Waals surface area contributed by atoms with E-state index in [1.165, 1.54) is 13.1 Å². The largest absolute Gasteiger partial charge is 0.360 e. The van der Waals surface area contributed by atoms with Crippen LogP contribution >= 0.6 is 15.9 Å². The first-order valence-corrected chi connectivity index (χ1v) is 9.82. The zero-order valence-electron chi connectivity index (χ0n) is 14.2. The van der Waals surface area contributed by atoms with Crippen molar-refractivity contribution in [2.45, 2.75) is 39.1 Å². The number of aromatic nitrogens is 4. The van der Waals surface area contributed by atoms with Crippen molar-refractivity contribution in [2.24, 2.45) is 5.41 Å². The highest BCUT2D eigenvalue weighted by Gasteiger charge is 2.23. The van der Waals surface area contributed by atoms with Crippen LogP contribution in [-0.4, -0.2) is 28.6 Å². The summed E-state index contributed by atoms with van der Waals surface area (Å²) in [5, 5.41) is 11.9. The molecule has 0 unspecified atom stereocenters. The Bertz CT molecular complexity index is 1030. The maximum Gasteiger partial charge on any atom is 0.267 e. The number of hydrogen-bond donors (Lipinski definition) is 1. The molecule has 3 rings (SSSR count). The molecule has 0 amide bonds. The number of sulfonamides is 1. The van der Waals surface area contributed by atoms with Crippen LogP contribution in [0.4, 0.5) is 5.69 Å². The number of anilines is 1. The van der Waals surface area contributed by atoms with Gasteiger partial charge in [-0.2, -0.15) is 0 Å². The minimum atomic E-state index is -3.81. The lowest BCUT2D eigenvalue weighted by Crippen LogP contribution is -2.16. The summed E-state index contributed by atoms with van der Waals surface area (Å²) in [6.07, 6.45) is 1.17. The van der Waals surface area contributed by atoms with E-state index in [4.69, 9.17) is 4.52 Å². The van der Waals surface area contributed by atoms with E-state index in [-0.39, 0.29) is 16.1 Å². The van der Waals surface area contributed by atoms with Gasteiger partial charge in [-0.15, -0.1) is 5.10 Å². The number of nitrogens with one attached hydrogen (secondary N) is 1. The van der Waals surface area contributed by atoms with Gasteiger partial charge in [0.25, 0.3) is 10.0 Å². The highest BCUT2D eigenvalue weighted by molar-refractivity contribution is 9.10. The van der Waals surface area contributed by atoms with Gasteiger partial charge >= 0.3 is 0 Å². The molecule has 3 aromatic rings. The minimum absolute atomic E-state index is 0.00381. The predicted molar refractivity (Wildman–Crippen MR) is 96.7 cm³/mol. The van der Waals surface area contributed by atoms with E-state index < -0.39 is 10.0 Å². The van der Waals surface area contributed by atoms with Crippen molar-refractivity contribution in [1.82, 2.24) is 20.2 Å². The first-order chi connectivity index (χ1) is 11.6. The van der Waals surface area contributed by atoms with E-state index in [1.807, 2.05) is 4.68 Å². The second-order valence-corrected chi connectivity index (χ2v) is 9.40. The van der Waals surface area contributed by atoms with Gasteiger partial charge in [0, 0.05) is 6.54 Å². The lowest BCUT2D eigenvalue weighted by Gasteiger charge is -2.18. The Balaban J connectivity index is 1.99. The molecule has 1 aromatic carbocycles. The Morgan fingerprint density at radius 3 is 2.64 bits per heavy atom. The maximum atomic E-state index is 12.5. The summed E-state index contributed by atoms with van der Waals surface area (Å²) >= 11 is 3.43. The molecule has 0 aliphatic rings. The number of aryl methyl sites for hydroxylation is 1. The molecule has 0 radical (unpaired) electrons. The zero-order valence-corrected chi connectivity index (χ0v) is 16.6. The molecule has 0 fully saturated rings. The van der Waals surface area contributed by atoms with Gasteiger partial charge in [0.2, 0.25) is 0 Å². The smallest absolute Gasteiger partial charge is 0.267 e. The molecule has 2 heterocycles. The van der Waals surface area contributed by atoms with Crippen LogP contribution in [0.25, 0.3) is 11.0 Å². The molecule has 0 saturated carbocycles. The number of nitrogens with zero attached hydrogens (tertiary/aromatic N) is 4. The summed E-state index contributed by atoms with van der Waals surface area (Å²) in [6.45, 7) is 8.57. The summed E-state index contributed by atoms with van der Waals surface area (Å²) < 4.78 is 34.7. The lowest BCUT2D eigenvalue weighted by atomic mass is 9.97. The number of rotatable bonds is 4. The number of fused-ring (bicyclic) bond motifs is 1. The molecule has 0 aliphatic heterocycles. The van der Waals surface area contributed by atoms with E-state index in [1.54, 1.807) is 12.1 Å². The highest BCUT2D eigenvalue weighted by Crippen LogP contribution is 2.32. The van der Waals surface area contributed by atoms with Crippen molar-refractivity contribution < 1.29 is 12.9 Å². The first-order valence-electron chi connectivity index (χ1n) is 7.54. The van der Waals surface area contributed by atoms with Crippen LogP contribution in [0, 0.1) is 12.3 Å². The van der Waals surface area contributed by atoms with Gasteiger partial charge in [0.05, 0.1) is 21.9 Å². The maximum absolute atomic E-state index is 12.5. The normalized spacial score (nSPS) is 12.7. The molecule has 0 atom stereocenters.